The number of aliphatic hydroxyl groups excluding tert-OH is 1. The van der Waals surface area contributed by atoms with Gasteiger partial charge in [-0.25, -0.2) is 0 Å². The van der Waals surface area contributed by atoms with Crippen LogP contribution in [0.3, 0.4) is 0 Å². The van der Waals surface area contributed by atoms with Gasteiger partial charge in [-0.1, -0.05) is 44.6 Å². The molecule has 1 saturated carbocycles. The molecule has 162 valence electrons. The molecule has 0 saturated heterocycles. The second-order valence-corrected chi connectivity index (χ2v) is 8.77. The smallest absolute Gasteiger partial charge is 0.303 e. The van der Waals surface area contributed by atoms with E-state index in [1.807, 2.05) is 18.2 Å². The van der Waals surface area contributed by atoms with Crippen LogP contribution in [-0.2, 0) is 4.79 Å². The summed E-state index contributed by atoms with van der Waals surface area (Å²) < 4.78 is 6.07. The van der Waals surface area contributed by atoms with Crippen molar-refractivity contribution in [3.05, 3.63) is 42.0 Å². The average Bonchev–Trinajstić information content (AvgIpc) is 2.95. The Morgan fingerprint density at radius 3 is 2.86 bits per heavy atom. The number of carboxylic acid groups (broad SMARTS) is 1. The Kier molecular flexibility index (Phi) is 10.0. The topological polar surface area (TPSA) is 66.8 Å². The molecule has 5 atom stereocenters. The van der Waals surface area contributed by atoms with E-state index in [0.717, 1.165) is 31.4 Å². The zero-order chi connectivity index (χ0) is 21.2. The van der Waals surface area contributed by atoms with Gasteiger partial charge in [-0.05, 0) is 61.6 Å². The summed E-state index contributed by atoms with van der Waals surface area (Å²) in [4.78, 5) is 10.6. The Morgan fingerprint density at radius 1 is 1.34 bits per heavy atom. The molecule has 0 spiro atoms. The lowest BCUT2D eigenvalue weighted by Crippen LogP contribution is -2.27. The Hall–Kier alpha value is -1.52. The van der Waals surface area contributed by atoms with Crippen molar-refractivity contribution < 1.29 is 19.7 Å². The maximum atomic E-state index is 10.6. The van der Waals surface area contributed by atoms with Crippen molar-refractivity contribution >= 4 is 17.6 Å². The lowest BCUT2D eigenvalue weighted by molar-refractivity contribution is -0.137. The van der Waals surface area contributed by atoms with Gasteiger partial charge in [0.1, 0.15) is 5.75 Å². The second kappa shape index (κ2) is 12.2. The number of hydrogen-bond donors (Lipinski definition) is 2. The number of rotatable bonds is 12. The van der Waals surface area contributed by atoms with E-state index in [4.69, 9.17) is 21.4 Å². The summed E-state index contributed by atoms with van der Waals surface area (Å²) in [5.41, 5.74) is 1.28. The van der Waals surface area contributed by atoms with E-state index in [2.05, 4.69) is 32.1 Å². The molecule has 1 fully saturated rings. The summed E-state index contributed by atoms with van der Waals surface area (Å²) in [6.45, 7) is 4.88. The third-order valence-electron chi connectivity index (χ3n) is 5.90. The standard InChI is InChI=1S/C24H35ClO4/c1-3-9-17(2)18-10-8-11-19(14-18)29-16-21-20(22(25)15-23(21)26)12-6-4-5-7-13-24(27)28/h4,6,8,10-11,14,17,20-23,26H,3,5,7,9,12-13,15-16H2,1-2H3,(H,27,28)/b6-4-/t17-,20+,21+,22+,23+/m0/s1. The zero-order valence-corrected chi connectivity index (χ0v) is 18.4. The van der Waals surface area contributed by atoms with E-state index in [9.17, 15) is 9.90 Å². The summed E-state index contributed by atoms with van der Waals surface area (Å²) in [6, 6.07) is 8.25. The largest absolute Gasteiger partial charge is 0.493 e. The number of alkyl halides is 1. The minimum atomic E-state index is -0.761. The van der Waals surface area contributed by atoms with Crippen molar-refractivity contribution in [1.82, 2.24) is 0 Å². The van der Waals surface area contributed by atoms with Crippen molar-refractivity contribution in [2.75, 3.05) is 6.61 Å². The molecular formula is C24H35ClO4. The molecule has 0 bridgehead atoms. The highest BCUT2D eigenvalue weighted by atomic mass is 35.5. The van der Waals surface area contributed by atoms with Gasteiger partial charge in [0.2, 0.25) is 0 Å². The number of unbranched alkanes of at least 4 members (excludes halogenated alkanes) is 1. The number of hydrogen-bond acceptors (Lipinski definition) is 3. The molecule has 5 heteroatoms. The molecule has 0 aliphatic heterocycles. The van der Waals surface area contributed by atoms with Crippen LogP contribution in [0.2, 0.25) is 0 Å². The van der Waals surface area contributed by atoms with Crippen LogP contribution in [0.5, 0.6) is 5.75 Å². The van der Waals surface area contributed by atoms with Crippen LogP contribution >= 0.6 is 11.6 Å². The van der Waals surface area contributed by atoms with E-state index < -0.39 is 12.1 Å². The quantitative estimate of drug-likeness (QED) is 0.255. The van der Waals surface area contributed by atoms with E-state index >= 15 is 0 Å². The van der Waals surface area contributed by atoms with Crippen LogP contribution in [-0.4, -0.2) is 34.3 Å². The molecule has 0 radical (unpaired) electrons. The van der Waals surface area contributed by atoms with Crippen LogP contribution in [0.4, 0.5) is 0 Å². The Morgan fingerprint density at radius 2 is 2.14 bits per heavy atom. The number of carboxylic acids is 1. The van der Waals surface area contributed by atoms with Crippen molar-refractivity contribution in [3.8, 4) is 5.75 Å². The van der Waals surface area contributed by atoms with Gasteiger partial charge in [-0.15, -0.1) is 11.6 Å². The van der Waals surface area contributed by atoms with E-state index in [1.165, 1.54) is 5.56 Å². The van der Waals surface area contributed by atoms with Gasteiger partial charge in [-0.2, -0.15) is 0 Å². The number of aliphatic hydroxyl groups is 1. The Balaban J connectivity index is 1.89. The Bertz CT molecular complexity index is 660. The van der Waals surface area contributed by atoms with Crippen molar-refractivity contribution in [3.63, 3.8) is 0 Å². The maximum absolute atomic E-state index is 10.6. The fourth-order valence-corrected chi connectivity index (χ4v) is 4.61. The fourth-order valence-electron chi connectivity index (χ4n) is 4.14. The Labute approximate surface area is 179 Å². The normalized spacial score (nSPS) is 25.4. The van der Waals surface area contributed by atoms with Gasteiger partial charge in [0, 0.05) is 17.7 Å². The number of allylic oxidation sites excluding steroid dienone is 2. The fraction of sp³-hybridized carbons (Fsp3) is 0.625. The summed E-state index contributed by atoms with van der Waals surface area (Å²) >= 11 is 6.51. The zero-order valence-electron chi connectivity index (χ0n) is 17.6. The minimum Gasteiger partial charge on any atom is -0.493 e. The van der Waals surface area contributed by atoms with Crippen molar-refractivity contribution in [1.29, 1.82) is 0 Å². The second-order valence-electron chi connectivity index (χ2n) is 8.21. The molecule has 29 heavy (non-hydrogen) atoms. The number of ether oxygens (including phenoxy) is 1. The molecule has 1 aliphatic rings. The summed E-state index contributed by atoms with van der Waals surface area (Å²) in [7, 11) is 0. The average molecular weight is 423 g/mol. The summed E-state index contributed by atoms with van der Waals surface area (Å²) in [6.07, 6.45) is 8.89. The summed E-state index contributed by atoms with van der Waals surface area (Å²) in [5.74, 6) is 0.747. The lowest BCUT2D eigenvalue weighted by Gasteiger charge is -2.23. The highest BCUT2D eigenvalue weighted by molar-refractivity contribution is 6.21. The van der Waals surface area contributed by atoms with E-state index in [-0.39, 0.29) is 23.6 Å². The molecule has 4 nitrogen and oxygen atoms in total. The number of aliphatic carboxylic acids is 1. The highest BCUT2D eigenvalue weighted by Crippen LogP contribution is 2.39. The predicted molar refractivity (Wildman–Crippen MR) is 118 cm³/mol. The molecular weight excluding hydrogens is 388 g/mol. The lowest BCUT2D eigenvalue weighted by atomic mass is 9.92. The molecule has 0 amide bonds. The van der Waals surface area contributed by atoms with E-state index in [0.29, 0.717) is 25.4 Å². The van der Waals surface area contributed by atoms with Gasteiger partial charge < -0.3 is 14.9 Å². The van der Waals surface area contributed by atoms with Gasteiger partial charge in [-0.3, -0.25) is 4.79 Å². The first-order valence-electron chi connectivity index (χ1n) is 10.8. The van der Waals surface area contributed by atoms with Gasteiger partial charge in [0.05, 0.1) is 12.7 Å². The van der Waals surface area contributed by atoms with Crippen LogP contribution in [0.1, 0.15) is 70.3 Å². The van der Waals surface area contributed by atoms with Gasteiger partial charge >= 0.3 is 5.97 Å². The first kappa shape index (κ1) is 23.8. The van der Waals surface area contributed by atoms with Gasteiger partial charge in [0.15, 0.2) is 0 Å². The van der Waals surface area contributed by atoms with Crippen LogP contribution in [0, 0.1) is 11.8 Å². The van der Waals surface area contributed by atoms with E-state index in [1.54, 1.807) is 0 Å². The first-order valence-corrected chi connectivity index (χ1v) is 11.3. The van der Waals surface area contributed by atoms with Gasteiger partial charge in [0.25, 0.3) is 0 Å². The molecule has 0 heterocycles. The number of carbonyl (C=O) groups is 1. The molecule has 0 aromatic heterocycles. The maximum Gasteiger partial charge on any atom is 0.303 e. The van der Waals surface area contributed by atoms with Crippen LogP contribution < -0.4 is 4.74 Å². The predicted octanol–water partition coefficient (Wildman–Crippen LogP) is 5.77. The molecule has 1 aromatic carbocycles. The number of halogens is 1. The molecule has 2 N–H and O–H groups in total. The number of benzene rings is 1. The minimum absolute atomic E-state index is 0.00195. The molecule has 1 aromatic rings. The molecule has 2 rings (SSSR count). The van der Waals surface area contributed by atoms with Crippen molar-refractivity contribution in [2.45, 2.75) is 76.2 Å². The van der Waals surface area contributed by atoms with Crippen molar-refractivity contribution in [2.24, 2.45) is 11.8 Å². The van der Waals surface area contributed by atoms with Crippen LogP contribution in [0.25, 0.3) is 0 Å². The molecule has 0 unspecified atom stereocenters. The third kappa shape index (κ3) is 7.67. The SMILES string of the molecule is CCC[C@H](C)c1cccc(OC[C@@H]2[C@@H](C/C=C\CCCC(=O)O)[C@H](Cl)C[C@H]2O)c1. The summed E-state index contributed by atoms with van der Waals surface area (Å²) in [5, 5.41) is 19.1. The third-order valence-corrected chi connectivity index (χ3v) is 6.40. The van der Waals surface area contributed by atoms with Crippen LogP contribution in [0.15, 0.2) is 36.4 Å². The monoisotopic (exact) mass is 422 g/mol. The first-order chi connectivity index (χ1) is 13.9. The highest BCUT2D eigenvalue weighted by Gasteiger charge is 2.41. The molecule has 1 aliphatic carbocycles.